The second kappa shape index (κ2) is 15.8. The van der Waals surface area contributed by atoms with E-state index in [1.165, 1.54) is 31.9 Å². The molecule has 0 aliphatic carbocycles. The summed E-state index contributed by atoms with van der Waals surface area (Å²) in [5, 5.41) is 27.9. The van der Waals surface area contributed by atoms with E-state index in [0.29, 0.717) is 48.7 Å². The fraction of sp³-hybridized carbons (Fsp3) is 0.0667. The Kier molecular flexibility index (Phi) is 9.54. The number of nitrogens with zero attached hydrogens (tertiary/aromatic N) is 6. The topological polar surface area (TPSA) is 67.3 Å². The van der Waals surface area contributed by atoms with Gasteiger partial charge >= 0.3 is 18.5 Å². The summed E-state index contributed by atoms with van der Waals surface area (Å²) < 4.78 is 142. The van der Waals surface area contributed by atoms with Gasteiger partial charge in [0.15, 0.2) is 0 Å². The van der Waals surface area contributed by atoms with Crippen LogP contribution in [0.25, 0.3) is 110 Å². The molecular formula is C60H31F9N6. The van der Waals surface area contributed by atoms with E-state index in [2.05, 4.69) is 12.1 Å². The third-order valence-electron chi connectivity index (χ3n) is 14.3. The number of halogens is 9. The van der Waals surface area contributed by atoms with Gasteiger partial charge in [-0.2, -0.15) is 50.0 Å². The van der Waals surface area contributed by atoms with Gasteiger partial charge in [-0.05, 0) is 79.2 Å². The van der Waals surface area contributed by atoms with Crippen molar-refractivity contribution in [2.45, 2.75) is 25.5 Å². The maximum Gasteiger partial charge on any atom is 0.416 e. The highest BCUT2D eigenvalue weighted by Crippen LogP contribution is 2.50. The lowest BCUT2D eigenvalue weighted by molar-refractivity contribution is -0.138. The number of aryl methyl sites for hydroxylation is 1. The summed E-state index contributed by atoms with van der Waals surface area (Å²) in [5.74, 6) is 0. The first-order valence-corrected chi connectivity index (χ1v) is 23.3. The van der Waals surface area contributed by atoms with E-state index in [1.807, 2.05) is 37.3 Å². The SMILES string of the molecule is Cc1ccc2c3ccccc3n(-c3c(C#N)c(-n4c5ccccc5c5ccc(C(F)(F)F)cc54)c(-n4c5ccccc5c5ccc(C(F)(F)F)cc54)c(-n4c5ccccc5c5ccc(C(F)(F)F)cc54)c3C#N)c2c1. The number of hydrogen-bond donors (Lipinski definition) is 0. The van der Waals surface area contributed by atoms with Crippen LogP contribution in [0.3, 0.4) is 0 Å². The van der Waals surface area contributed by atoms with Crippen molar-refractivity contribution in [3.8, 4) is 34.9 Å². The van der Waals surface area contributed by atoms with Crippen LogP contribution < -0.4 is 0 Å². The number of benzene rings is 9. The highest BCUT2D eigenvalue weighted by molar-refractivity contribution is 6.16. The second-order valence-electron chi connectivity index (χ2n) is 18.5. The standard InChI is InChI=1S/C60H31F9N6/c1-32-18-22-40-36-10-2-6-14-46(36)72(50(40)26-32)54-44(30-70)55(73-47-15-7-3-11-37(47)41-23-19-33(27-51(41)73)58(61,62)63)57(75-49-17-9-5-13-39(49)43-25-21-35(29-53(43)75)60(67,68)69)56(45(54)31-71)74-48-16-8-4-12-38(48)42-24-20-34(28-52(42)74)59(64,65)66/h2-29H,1H3. The number of fused-ring (bicyclic) bond motifs is 12. The largest absolute Gasteiger partial charge is 0.416 e. The highest BCUT2D eigenvalue weighted by atomic mass is 19.4. The van der Waals surface area contributed by atoms with Crippen molar-refractivity contribution < 1.29 is 39.5 Å². The Hall–Kier alpha value is -9.47. The zero-order chi connectivity index (χ0) is 52.0. The van der Waals surface area contributed by atoms with E-state index in [4.69, 9.17) is 0 Å². The Balaban J connectivity index is 1.41. The molecule has 13 aromatic rings. The van der Waals surface area contributed by atoms with Crippen molar-refractivity contribution in [2.75, 3.05) is 0 Å². The fourth-order valence-corrected chi connectivity index (χ4v) is 11.3. The van der Waals surface area contributed by atoms with E-state index in [0.717, 1.165) is 42.0 Å². The molecule has 13 rings (SSSR count). The molecule has 0 aliphatic rings. The first-order chi connectivity index (χ1) is 36.0. The lowest BCUT2D eigenvalue weighted by Crippen LogP contribution is -2.17. The van der Waals surface area contributed by atoms with E-state index >= 15 is 39.5 Å². The van der Waals surface area contributed by atoms with Crippen molar-refractivity contribution in [3.63, 3.8) is 0 Å². The first kappa shape index (κ1) is 45.4. The van der Waals surface area contributed by atoms with E-state index in [9.17, 15) is 10.5 Å². The molecule has 9 aromatic carbocycles. The van der Waals surface area contributed by atoms with Crippen molar-refractivity contribution in [2.24, 2.45) is 0 Å². The smallest absolute Gasteiger partial charge is 0.306 e. The van der Waals surface area contributed by atoms with Crippen molar-refractivity contribution >= 4 is 87.2 Å². The highest BCUT2D eigenvalue weighted by Gasteiger charge is 2.38. The molecule has 0 fully saturated rings. The van der Waals surface area contributed by atoms with Crippen LogP contribution in [0.5, 0.6) is 0 Å². The lowest BCUT2D eigenvalue weighted by atomic mass is 9.98. The summed E-state index contributed by atoms with van der Waals surface area (Å²) in [7, 11) is 0. The molecule has 0 amide bonds. The Morgan fingerprint density at radius 1 is 0.307 bits per heavy atom. The molecule has 0 bridgehead atoms. The summed E-state index contributed by atoms with van der Waals surface area (Å²) in [6, 6.07) is 47.0. The minimum absolute atomic E-state index is 0.0678. The number of nitriles is 2. The van der Waals surface area contributed by atoms with Crippen LogP contribution in [0.2, 0.25) is 0 Å². The van der Waals surface area contributed by atoms with Gasteiger partial charge in [-0.3, -0.25) is 0 Å². The molecule has 4 aromatic heterocycles. The van der Waals surface area contributed by atoms with Gasteiger partial charge in [-0.15, -0.1) is 0 Å². The molecule has 0 N–H and O–H groups in total. The summed E-state index contributed by atoms with van der Waals surface area (Å²) in [5.41, 5.74) is -2.06. The van der Waals surface area contributed by atoms with Gasteiger partial charge in [-0.25, -0.2) is 0 Å². The minimum atomic E-state index is -4.91. The van der Waals surface area contributed by atoms with E-state index < -0.39 is 35.2 Å². The summed E-state index contributed by atoms with van der Waals surface area (Å²) in [4.78, 5) is 0. The van der Waals surface area contributed by atoms with Gasteiger partial charge in [0.1, 0.15) is 23.3 Å². The zero-order valence-corrected chi connectivity index (χ0v) is 38.8. The normalized spacial score (nSPS) is 12.6. The Morgan fingerprint density at radius 3 is 0.893 bits per heavy atom. The van der Waals surface area contributed by atoms with E-state index in [1.54, 1.807) is 89.5 Å². The molecule has 75 heavy (non-hydrogen) atoms. The Morgan fingerprint density at radius 2 is 0.573 bits per heavy atom. The predicted molar refractivity (Wildman–Crippen MR) is 273 cm³/mol. The van der Waals surface area contributed by atoms with Crippen LogP contribution in [-0.4, -0.2) is 18.3 Å². The molecule has 15 heteroatoms. The Bertz CT molecular complexity index is 4550. The average molecular weight is 1010 g/mol. The molecule has 4 heterocycles. The number of rotatable bonds is 4. The van der Waals surface area contributed by atoms with Gasteiger partial charge in [0.05, 0.1) is 83.6 Å². The number of para-hydroxylation sites is 4. The fourth-order valence-electron chi connectivity index (χ4n) is 11.3. The van der Waals surface area contributed by atoms with Gasteiger partial charge in [-0.1, -0.05) is 103 Å². The number of aromatic nitrogens is 4. The summed E-state index contributed by atoms with van der Waals surface area (Å²) in [6.07, 6.45) is -14.7. The molecule has 0 unspecified atom stereocenters. The molecule has 0 saturated heterocycles. The van der Waals surface area contributed by atoms with Crippen LogP contribution >= 0.6 is 0 Å². The quantitative estimate of drug-likeness (QED) is 0.165. The third-order valence-corrected chi connectivity index (χ3v) is 14.3. The molecular weight excluding hydrogens is 976 g/mol. The molecule has 0 spiro atoms. The van der Waals surface area contributed by atoms with Gasteiger partial charge < -0.3 is 18.3 Å². The maximum absolute atomic E-state index is 15.1. The zero-order valence-electron chi connectivity index (χ0n) is 38.8. The van der Waals surface area contributed by atoms with Gasteiger partial charge in [0, 0.05) is 43.1 Å². The number of hydrogen-bond acceptors (Lipinski definition) is 2. The number of alkyl halides is 9. The van der Waals surface area contributed by atoms with Crippen LogP contribution in [-0.2, 0) is 18.5 Å². The molecule has 0 radical (unpaired) electrons. The minimum Gasteiger partial charge on any atom is -0.306 e. The molecule has 0 saturated carbocycles. The average Bonchev–Trinajstić information content (AvgIpc) is 4.11. The van der Waals surface area contributed by atoms with Crippen molar-refractivity contribution in [3.05, 3.63) is 203 Å². The van der Waals surface area contributed by atoms with E-state index in [-0.39, 0.29) is 72.4 Å². The Labute approximate surface area is 417 Å². The molecule has 6 nitrogen and oxygen atoms in total. The van der Waals surface area contributed by atoms with Gasteiger partial charge in [0.25, 0.3) is 0 Å². The van der Waals surface area contributed by atoms with Crippen LogP contribution in [0.1, 0.15) is 33.4 Å². The van der Waals surface area contributed by atoms with Crippen LogP contribution in [0.4, 0.5) is 39.5 Å². The van der Waals surface area contributed by atoms with Crippen LogP contribution in [0.15, 0.2) is 170 Å². The van der Waals surface area contributed by atoms with Gasteiger partial charge in [0.2, 0.25) is 0 Å². The van der Waals surface area contributed by atoms with Crippen molar-refractivity contribution in [1.29, 1.82) is 10.5 Å². The summed E-state index contributed by atoms with van der Waals surface area (Å²) in [6.45, 7) is 1.85. The predicted octanol–water partition coefficient (Wildman–Crippen LogP) is 17.2. The molecule has 0 aliphatic heterocycles. The molecule has 0 atom stereocenters. The third kappa shape index (κ3) is 6.53. The molecule has 364 valence electrons. The first-order valence-electron chi connectivity index (χ1n) is 23.3. The van der Waals surface area contributed by atoms with Crippen molar-refractivity contribution in [1.82, 2.24) is 18.3 Å². The summed E-state index contributed by atoms with van der Waals surface area (Å²) >= 11 is 0. The monoisotopic (exact) mass is 1010 g/mol. The van der Waals surface area contributed by atoms with Crippen LogP contribution in [0, 0.1) is 29.6 Å². The second-order valence-corrected chi connectivity index (χ2v) is 18.5. The lowest BCUT2D eigenvalue weighted by Gasteiger charge is -2.27. The maximum atomic E-state index is 15.1.